The number of benzene rings is 5. The Balaban J connectivity index is 1.13. The molecular weight excluding hydrogens is 555 g/mol. The summed E-state index contributed by atoms with van der Waals surface area (Å²) in [6, 6.07) is 36.0. The highest BCUT2D eigenvalue weighted by Crippen LogP contribution is 2.37. The zero-order chi connectivity index (χ0) is 29.7. The number of hydrogen-bond donors (Lipinski definition) is 0. The van der Waals surface area contributed by atoms with Crippen molar-refractivity contribution in [2.24, 2.45) is 0 Å². The zero-order valence-electron chi connectivity index (χ0n) is 24.0. The van der Waals surface area contributed by atoms with Gasteiger partial charge in [0.1, 0.15) is 35.7 Å². The Bertz CT molecular complexity index is 2050. The quantitative estimate of drug-likeness (QED) is 0.218. The second kappa shape index (κ2) is 10.3. The molecule has 0 amide bonds. The average molecular weight is 578 g/mol. The van der Waals surface area contributed by atoms with E-state index in [9.17, 15) is 0 Å². The number of aromatic nitrogens is 4. The van der Waals surface area contributed by atoms with E-state index in [1.165, 1.54) is 0 Å². The molecule has 0 radical (unpaired) electrons. The van der Waals surface area contributed by atoms with E-state index in [1.54, 1.807) is 12.7 Å². The summed E-state index contributed by atoms with van der Waals surface area (Å²) in [7, 11) is 0. The van der Waals surface area contributed by atoms with Crippen LogP contribution in [0.3, 0.4) is 0 Å². The van der Waals surface area contributed by atoms with Gasteiger partial charge in [0.05, 0.1) is 0 Å². The summed E-state index contributed by atoms with van der Waals surface area (Å²) >= 11 is 0. The molecule has 0 fully saturated rings. The lowest BCUT2D eigenvalue weighted by atomic mass is 9.34. The summed E-state index contributed by atoms with van der Waals surface area (Å²) in [5.74, 6) is 3.38. The van der Waals surface area contributed by atoms with Gasteiger partial charge in [-0.15, -0.1) is 0 Å². The van der Waals surface area contributed by atoms with Gasteiger partial charge in [-0.3, -0.25) is 0 Å². The molecule has 0 N–H and O–H groups in total. The summed E-state index contributed by atoms with van der Waals surface area (Å²) in [5, 5.41) is 0. The van der Waals surface area contributed by atoms with Gasteiger partial charge in [0.2, 0.25) is 0 Å². The maximum atomic E-state index is 6.47. The molecule has 0 bridgehead atoms. The van der Waals surface area contributed by atoms with Gasteiger partial charge < -0.3 is 9.47 Å². The monoisotopic (exact) mass is 578 g/mol. The fourth-order valence-electron chi connectivity index (χ4n) is 6.40. The van der Waals surface area contributed by atoms with Crippen LogP contribution in [0.1, 0.15) is 0 Å². The molecule has 4 heterocycles. The van der Waals surface area contributed by atoms with Gasteiger partial charge in [-0.05, 0) is 68.6 Å². The molecular formula is C38H23BN4O2. The maximum Gasteiger partial charge on any atom is 0.260 e. The van der Waals surface area contributed by atoms with Crippen LogP contribution in [-0.2, 0) is 0 Å². The predicted octanol–water partition coefficient (Wildman–Crippen LogP) is 6.66. The first-order chi connectivity index (χ1) is 22.3. The molecule has 210 valence electrons. The largest absolute Gasteiger partial charge is 0.458 e. The van der Waals surface area contributed by atoms with Crippen LogP contribution in [0.5, 0.6) is 23.0 Å². The highest BCUT2D eigenvalue weighted by molar-refractivity contribution is 6.98. The van der Waals surface area contributed by atoms with E-state index < -0.39 is 0 Å². The smallest absolute Gasteiger partial charge is 0.260 e. The van der Waals surface area contributed by atoms with Crippen LogP contribution < -0.4 is 25.9 Å². The Morgan fingerprint density at radius 2 is 0.756 bits per heavy atom. The predicted molar refractivity (Wildman–Crippen MR) is 177 cm³/mol. The van der Waals surface area contributed by atoms with Crippen molar-refractivity contribution in [2.75, 3.05) is 0 Å². The van der Waals surface area contributed by atoms with Crippen LogP contribution in [0, 0.1) is 0 Å². The molecule has 0 saturated carbocycles. The molecule has 7 heteroatoms. The van der Waals surface area contributed by atoms with Gasteiger partial charge in [-0.2, -0.15) is 0 Å². The molecule has 45 heavy (non-hydrogen) atoms. The number of rotatable bonds is 4. The van der Waals surface area contributed by atoms with E-state index in [1.807, 2.05) is 43.0 Å². The summed E-state index contributed by atoms with van der Waals surface area (Å²) in [4.78, 5) is 16.6. The minimum Gasteiger partial charge on any atom is -0.458 e. The van der Waals surface area contributed by atoms with Crippen molar-refractivity contribution >= 4 is 23.1 Å². The fourth-order valence-corrected chi connectivity index (χ4v) is 6.40. The third-order valence-corrected chi connectivity index (χ3v) is 8.62. The third kappa shape index (κ3) is 4.36. The van der Waals surface area contributed by atoms with E-state index in [2.05, 4.69) is 105 Å². The van der Waals surface area contributed by atoms with Crippen LogP contribution in [0.2, 0.25) is 0 Å². The van der Waals surface area contributed by atoms with Crippen LogP contribution >= 0.6 is 0 Å². The summed E-state index contributed by atoms with van der Waals surface area (Å²) in [6.07, 6.45) is 10.4. The zero-order valence-corrected chi connectivity index (χ0v) is 24.0. The lowest BCUT2D eigenvalue weighted by Crippen LogP contribution is -2.57. The van der Waals surface area contributed by atoms with Gasteiger partial charge >= 0.3 is 0 Å². The maximum absolute atomic E-state index is 6.47. The van der Waals surface area contributed by atoms with Crippen LogP contribution in [-0.4, -0.2) is 26.6 Å². The summed E-state index contributed by atoms with van der Waals surface area (Å²) < 4.78 is 12.9. The van der Waals surface area contributed by atoms with Crippen molar-refractivity contribution in [1.82, 2.24) is 19.9 Å². The second-order valence-corrected chi connectivity index (χ2v) is 11.2. The molecule has 0 saturated heterocycles. The second-order valence-electron chi connectivity index (χ2n) is 11.2. The number of nitrogens with zero attached hydrogens (tertiary/aromatic N) is 4. The van der Waals surface area contributed by atoms with Gasteiger partial charge in [0.15, 0.2) is 0 Å². The molecule has 5 aromatic carbocycles. The molecule has 0 spiro atoms. The molecule has 2 aliphatic heterocycles. The van der Waals surface area contributed by atoms with E-state index in [4.69, 9.17) is 9.47 Å². The average Bonchev–Trinajstić information content (AvgIpc) is 3.12. The Morgan fingerprint density at radius 3 is 1.18 bits per heavy atom. The van der Waals surface area contributed by atoms with E-state index in [-0.39, 0.29) is 6.71 Å². The lowest BCUT2D eigenvalue weighted by Gasteiger charge is -2.33. The first-order valence-electron chi connectivity index (χ1n) is 14.8. The summed E-state index contributed by atoms with van der Waals surface area (Å²) in [6.45, 7) is -0.0370. The molecule has 7 aromatic rings. The Morgan fingerprint density at radius 1 is 0.378 bits per heavy atom. The van der Waals surface area contributed by atoms with Crippen molar-refractivity contribution in [3.05, 3.63) is 141 Å². The van der Waals surface area contributed by atoms with Gasteiger partial charge in [-0.25, -0.2) is 19.9 Å². The standard InChI is InChI=1S/C38H23BN4O2/c1-2-36-38-37(3-1)45-35-15-13-29(25-6-10-27(11-7-25)31-20-42-23-43-21-31)17-33(35)39(38)32-16-28(12-14-34(32)44-36)24-4-8-26(9-5-24)30-18-40-22-41-19-30/h1-23H. The molecule has 0 unspecified atom stereocenters. The topological polar surface area (TPSA) is 70.0 Å². The number of ether oxygens (including phenoxy) is 2. The van der Waals surface area contributed by atoms with Crippen molar-refractivity contribution in [3.8, 4) is 67.5 Å². The Labute approximate surface area is 260 Å². The molecule has 2 aliphatic rings. The minimum absolute atomic E-state index is 0.0370. The van der Waals surface area contributed by atoms with Crippen molar-refractivity contribution in [3.63, 3.8) is 0 Å². The van der Waals surface area contributed by atoms with Crippen molar-refractivity contribution < 1.29 is 9.47 Å². The molecule has 6 nitrogen and oxygen atoms in total. The van der Waals surface area contributed by atoms with Gasteiger partial charge in [0, 0.05) is 41.4 Å². The molecule has 0 aliphatic carbocycles. The Hall–Kier alpha value is -6.08. The lowest BCUT2D eigenvalue weighted by molar-refractivity contribution is 0.464. The number of fused-ring (bicyclic) bond motifs is 4. The number of hydrogen-bond acceptors (Lipinski definition) is 6. The highest BCUT2D eigenvalue weighted by Gasteiger charge is 2.40. The molecule has 0 atom stereocenters. The van der Waals surface area contributed by atoms with Crippen LogP contribution in [0.4, 0.5) is 0 Å². The van der Waals surface area contributed by atoms with Crippen molar-refractivity contribution in [2.45, 2.75) is 0 Å². The normalized spacial score (nSPS) is 12.3. The summed E-state index contributed by atoms with van der Waals surface area (Å²) in [5.41, 5.74) is 11.9. The fraction of sp³-hybridized carbons (Fsp3) is 0. The third-order valence-electron chi connectivity index (χ3n) is 8.62. The molecule has 2 aromatic heterocycles. The van der Waals surface area contributed by atoms with Crippen molar-refractivity contribution in [1.29, 1.82) is 0 Å². The van der Waals surface area contributed by atoms with E-state index >= 15 is 0 Å². The highest BCUT2D eigenvalue weighted by atomic mass is 16.5. The minimum atomic E-state index is -0.0370. The van der Waals surface area contributed by atoms with E-state index in [0.29, 0.717) is 0 Å². The first kappa shape index (κ1) is 25.4. The van der Waals surface area contributed by atoms with Crippen LogP contribution in [0.25, 0.3) is 44.5 Å². The Kier molecular flexibility index (Phi) is 5.81. The van der Waals surface area contributed by atoms with Gasteiger partial charge in [0.25, 0.3) is 6.71 Å². The SMILES string of the molecule is c1cc2c3c(c1)Oc1ccc(-c4ccc(-c5cncnc5)cc4)cc1B3c1cc(-c3ccc(-c4cncnc4)cc3)ccc1O2. The first-order valence-corrected chi connectivity index (χ1v) is 14.8. The molecule has 9 rings (SSSR count). The van der Waals surface area contributed by atoms with Gasteiger partial charge in [-0.1, -0.05) is 78.9 Å². The van der Waals surface area contributed by atoms with E-state index in [0.717, 1.165) is 83.9 Å². The van der Waals surface area contributed by atoms with Crippen LogP contribution in [0.15, 0.2) is 141 Å².